The number of furan rings is 1. The average molecular weight is 418 g/mol. The van der Waals surface area contributed by atoms with Crippen LogP contribution in [0.5, 0.6) is 0 Å². The lowest BCUT2D eigenvalue weighted by Gasteiger charge is -2.33. The van der Waals surface area contributed by atoms with E-state index in [2.05, 4.69) is 15.0 Å². The van der Waals surface area contributed by atoms with Crippen molar-refractivity contribution in [2.45, 2.75) is 18.6 Å². The van der Waals surface area contributed by atoms with E-state index < -0.39 is 17.8 Å². The molecule has 0 bridgehead atoms. The van der Waals surface area contributed by atoms with Crippen molar-refractivity contribution < 1.29 is 22.4 Å². The highest BCUT2D eigenvalue weighted by Gasteiger charge is 2.39. The molecule has 1 aromatic carbocycles. The van der Waals surface area contributed by atoms with E-state index in [1.165, 1.54) is 29.9 Å². The second kappa shape index (κ2) is 6.45. The summed E-state index contributed by atoms with van der Waals surface area (Å²) < 4.78 is 45.9. The number of carbonyl (C=O) groups is 1. The van der Waals surface area contributed by atoms with Crippen LogP contribution in [0.1, 0.15) is 38.4 Å². The maximum Gasteiger partial charge on any atom is 0.420 e. The quantitative estimate of drug-likeness (QED) is 0.523. The summed E-state index contributed by atoms with van der Waals surface area (Å²) in [5.74, 6) is -0.0229. The molecule has 0 aliphatic carbocycles. The number of thiazole rings is 1. The van der Waals surface area contributed by atoms with Crippen LogP contribution in [-0.2, 0) is 12.6 Å². The van der Waals surface area contributed by atoms with Crippen LogP contribution in [-0.4, -0.2) is 32.3 Å². The average Bonchev–Trinajstić information content (AvgIpc) is 3.45. The molecule has 0 spiro atoms. The second-order valence-corrected chi connectivity index (χ2v) is 7.54. The Balaban J connectivity index is 1.66. The Bertz CT molecular complexity index is 1200. The van der Waals surface area contributed by atoms with Crippen LogP contribution < -0.4 is 0 Å². The monoisotopic (exact) mass is 418 g/mol. The van der Waals surface area contributed by atoms with E-state index >= 15 is 0 Å². The number of fused-ring (bicyclic) bond motifs is 2. The van der Waals surface area contributed by atoms with Crippen molar-refractivity contribution in [1.29, 1.82) is 0 Å². The van der Waals surface area contributed by atoms with Crippen LogP contribution in [0.3, 0.4) is 0 Å². The predicted molar refractivity (Wildman–Crippen MR) is 98.5 cm³/mol. The van der Waals surface area contributed by atoms with Gasteiger partial charge in [0.05, 0.1) is 29.3 Å². The first kappa shape index (κ1) is 17.9. The van der Waals surface area contributed by atoms with Gasteiger partial charge in [0.1, 0.15) is 22.3 Å². The summed E-state index contributed by atoms with van der Waals surface area (Å²) in [5.41, 5.74) is 1.87. The number of alkyl halides is 3. The van der Waals surface area contributed by atoms with Crippen molar-refractivity contribution in [2.75, 3.05) is 6.54 Å². The number of imidazole rings is 1. The van der Waals surface area contributed by atoms with Crippen LogP contribution in [0.2, 0.25) is 0 Å². The van der Waals surface area contributed by atoms with Gasteiger partial charge < -0.3 is 14.3 Å². The van der Waals surface area contributed by atoms with E-state index in [9.17, 15) is 18.0 Å². The van der Waals surface area contributed by atoms with Crippen molar-refractivity contribution in [3.63, 3.8) is 0 Å². The van der Waals surface area contributed by atoms with Gasteiger partial charge in [0, 0.05) is 24.0 Å². The molecule has 0 unspecified atom stereocenters. The van der Waals surface area contributed by atoms with Crippen LogP contribution in [0.25, 0.3) is 11.0 Å². The molecule has 6 nitrogen and oxygen atoms in total. The molecule has 4 aromatic rings. The Kier molecular flexibility index (Phi) is 3.98. The fraction of sp³-hybridized carbons (Fsp3) is 0.211. The number of halogens is 3. The third-order valence-electron chi connectivity index (χ3n) is 4.97. The SMILES string of the molecule is O=C(c1cncs1)N1CCc2[nH]cnc2[C@H]1c1cc2cccc(C(F)(F)F)c2o1. The molecule has 29 heavy (non-hydrogen) atoms. The normalized spacial score (nSPS) is 16.9. The van der Waals surface area contributed by atoms with E-state index in [1.54, 1.807) is 22.5 Å². The maximum absolute atomic E-state index is 13.4. The van der Waals surface area contributed by atoms with Gasteiger partial charge in [-0.05, 0) is 12.1 Å². The standard InChI is InChI=1S/C19H13F3N4O2S/c20-19(21,22)11-3-1-2-10-6-13(28-17(10)11)16-15-12(24-8-25-15)4-5-26(16)18(27)14-7-23-9-29-14/h1-3,6-9,16H,4-5H2,(H,24,25)/t16-/m1/s1. The number of amides is 1. The zero-order chi connectivity index (χ0) is 20.2. The van der Waals surface area contributed by atoms with E-state index in [4.69, 9.17) is 4.42 Å². The smallest absolute Gasteiger partial charge is 0.420 e. The first-order valence-corrected chi connectivity index (χ1v) is 9.62. The summed E-state index contributed by atoms with van der Waals surface area (Å²) in [7, 11) is 0. The highest BCUT2D eigenvalue weighted by molar-refractivity contribution is 7.11. The molecule has 0 saturated carbocycles. The number of aromatic amines is 1. The molecule has 148 valence electrons. The zero-order valence-corrected chi connectivity index (χ0v) is 15.5. The molecule has 5 rings (SSSR count). The summed E-state index contributed by atoms with van der Waals surface area (Å²) in [6.45, 7) is 0.375. The first-order chi connectivity index (χ1) is 13.9. The lowest BCUT2D eigenvalue weighted by molar-refractivity contribution is -0.136. The van der Waals surface area contributed by atoms with Gasteiger partial charge in [-0.25, -0.2) is 4.98 Å². The maximum atomic E-state index is 13.4. The Hall–Kier alpha value is -3.14. The van der Waals surface area contributed by atoms with Crippen LogP contribution in [0.4, 0.5) is 13.2 Å². The number of rotatable bonds is 2. The summed E-state index contributed by atoms with van der Waals surface area (Å²) in [6.07, 6.45) is -0.992. The van der Waals surface area contributed by atoms with Gasteiger partial charge in [-0.2, -0.15) is 13.2 Å². The van der Waals surface area contributed by atoms with Gasteiger partial charge in [-0.1, -0.05) is 12.1 Å². The number of hydrogen-bond donors (Lipinski definition) is 1. The molecular formula is C19H13F3N4O2S. The minimum atomic E-state index is -4.54. The molecule has 4 heterocycles. The molecule has 1 aliphatic rings. The van der Waals surface area contributed by atoms with E-state index in [0.717, 1.165) is 11.8 Å². The largest absolute Gasteiger partial charge is 0.458 e. The molecule has 0 fully saturated rings. The van der Waals surface area contributed by atoms with Crippen molar-refractivity contribution in [1.82, 2.24) is 19.9 Å². The molecular weight excluding hydrogens is 405 g/mol. The number of aromatic nitrogens is 3. The van der Waals surface area contributed by atoms with Crippen LogP contribution in [0, 0.1) is 0 Å². The number of para-hydroxylation sites is 1. The van der Waals surface area contributed by atoms with Gasteiger partial charge in [-0.3, -0.25) is 9.78 Å². The summed E-state index contributed by atoms with van der Waals surface area (Å²) >= 11 is 1.21. The first-order valence-electron chi connectivity index (χ1n) is 8.75. The number of nitrogens with one attached hydrogen (secondary N) is 1. The van der Waals surface area contributed by atoms with Crippen molar-refractivity contribution in [3.8, 4) is 0 Å². The summed E-state index contributed by atoms with van der Waals surface area (Å²) in [5, 5.41) is 0.322. The Morgan fingerprint density at radius 2 is 2.21 bits per heavy atom. The molecule has 1 amide bonds. The number of benzene rings is 1. The van der Waals surface area contributed by atoms with Gasteiger partial charge in [-0.15, -0.1) is 11.3 Å². The van der Waals surface area contributed by atoms with E-state index in [-0.39, 0.29) is 17.3 Å². The number of carbonyl (C=O) groups excluding carboxylic acids is 1. The molecule has 1 aliphatic heterocycles. The number of nitrogens with zero attached hydrogens (tertiary/aromatic N) is 3. The molecule has 3 aromatic heterocycles. The third kappa shape index (κ3) is 2.91. The highest BCUT2D eigenvalue weighted by atomic mass is 32.1. The lowest BCUT2D eigenvalue weighted by Crippen LogP contribution is -2.40. The Labute approximate surface area is 166 Å². The minimum absolute atomic E-state index is 0.239. The number of H-pyrrole nitrogens is 1. The Morgan fingerprint density at radius 3 is 2.97 bits per heavy atom. The van der Waals surface area contributed by atoms with Crippen LogP contribution >= 0.6 is 11.3 Å². The van der Waals surface area contributed by atoms with E-state index in [0.29, 0.717) is 28.9 Å². The summed E-state index contributed by atoms with van der Waals surface area (Å²) in [4.78, 5) is 26.4. The molecule has 10 heteroatoms. The number of hydrogen-bond acceptors (Lipinski definition) is 5. The summed E-state index contributed by atoms with van der Waals surface area (Å²) in [6, 6.07) is 4.70. The van der Waals surface area contributed by atoms with Gasteiger partial charge >= 0.3 is 6.18 Å². The van der Waals surface area contributed by atoms with Crippen LogP contribution in [0.15, 0.2) is 46.7 Å². The molecule has 0 radical (unpaired) electrons. The van der Waals surface area contributed by atoms with Crippen molar-refractivity contribution in [2.24, 2.45) is 0 Å². The van der Waals surface area contributed by atoms with Crippen molar-refractivity contribution in [3.05, 3.63) is 69.9 Å². The van der Waals surface area contributed by atoms with Crippen molar-refractivity contribution >= 4 is 28.2 Å². The van der Waals surface area contributed by atoms with Gasteiger partial charge in [0.25, 0.3) is 5.91 Å². The fourth-order valence-electron chi connectivity index (χ4n) is 3.69. The predicted octanol–water partition coefficient (Wildman–Crippen LogP) is 4.42. The fourth-order valence-corrected chi connectivity index (χ4v) is 4.26. The third-order valence-corrected chi connectivity index (χ3v) is 5.73. The Morgan fingerprint density at radius 1 is 1.34 bits per heavy atom. The second-order valence-electron chi connectivity index (χ2n) is 6.65. The molecule has 0 saturated heterocycles. The molecule has 1 N–H and O–H groups in total. The zero-order valence-electron chi connectivity index (χ0n) is 14.7. The van der Waals surface area contributed by atoms with Gasteiger partial charge in [0.15, 0.2) is 0 Å². The topological polar surface area (TPSA) is 75.0 Å². The lowest BCUT2D eigenvalue weighted by atomic mass is 10.00. The molecule has 1 atom stereocenters. The van der Waals surface area contributed by atoms with Gasteiger partial charge in [0.2, 0.25) is 0 Å². The highest BCUT2D eigenvalue weighted by Crippen LogP contribution is 2.41. The van der Waals surface area contributed by atoms with E-state index in [1.807, 2.05) is 0 Å². The minimum Gasteiger partial charge on any atom is -0.458 e.